The molecule has 0 heterocycles. The number of rotatable bonds is 4. The van der Waals surface area contributed by atoms with Crippen LogP contribution in [-0.4, -0.2) is 13.4 Å². The predicted molar refractivity (Wildman–Crippen MR) is 92.3 cm³/mol. The Morgan fingerprint density at radius 2 is 1.90 bits per heavy atom. The summed E-state index contributed by atoms with van der Waals surface area (Å²) in [4.78, 5) is 0.0429. The molecule has 0 atom stereocenters. The Balaban J connectivity index is 2.43. The number of benzene rings is 2. The molecule has 0 unspecified atom stereocenters. The van der Waals surface area contributed by atoms with Gasteiger partial charge in [0.15, 0.2) is 0 Å². The van der Waals surface area contributed by atoms with E-state index in [1.165, 1.54) is 12.1 Å². The second kappa shape index (κ2) is 6.31. The van der Waals surface area contributed by atoms with Crippen molar-refractivity contribution in [3.63, 3.8) is 0 Å². The van der Waals surface area contributed by atoms with E-state index in [0.717, 1.165) is 0 Å². The number of sulfonamides is 1. The first kappa shape index (κ1) is 16.2. The summed E-state index contributed by atoms with van der Waals surface area (Å²) in [6, 6.07) is 11.0. The quantitative estimate of drug-likeness (QED) is 0.763. The molecule has 2 rings (SSSR count). The largest absolute Gasteiger partial charge is 0.389 e. The van der Waals surface area contributed by atoms with Gasteiger partial charge in [-0.1, -0.05) is 42.0 Å². The van der Waals surface area contributed by atoms with E-state index >= 15 is 0 Å². The smallest absolute Gasteiger partial charge is 0.262 e. The molecule has 0 amide bonds. The first-order chi connectivity index (χ1) is 9.81. The van der Waals surface area contributed by atoms with Gasteiger partial charge in [0, 0.05) is 10.0 Å². The first-order valence-electron chi connectivity index (χ1n) is 5.68. The van der Waals surface area contributed by atoms with Crippen molar-refractivity contribution in [2.45, 2.75) is 4.90 Å². The highest BCUT2D eigenvalue weighted by molar-refractivity contribution is 9.10. The fourth-order valence-electron chi connectivity index (χ4n) is 1.67. The molecule has 0 radical (unpaired) electrons. The first-order valence-corrected chi connectivity index (χ1v) is 8.74. The van der Waals surface area contributed by atoms with Gasteiger partial charge in [-0.05, 0) is 40.2 Å². The molecule has 2 aromatic rings. The summed E-state index contributed by atoms with van der Waals surface area (Å²) in [7, 11) is -3.81. The minimum absolute atomic E-state index is 0.0183. The van der Waals surface area contributed by atoms with Crippen molar-refractivity contribution >= 4 is 60.4 Å². The molecule has 0 spiro atoms. The SMILES string of the molecule is NC(=S)c1ccccc1S(=O)(=O)Nc1ccc(Br)c(Cl)c1. The Morgan fingerprint density at radius 1 is 1.24 bits per heavy atom. The van der Waals surface area contributed by atoms with Crippen molar-refractivity contribution < 1.29 is 8.42 Å². The summed E-state index contributed by atoms with van der Waals surface area (Å²) in [5.41, 5.74) is 6.20. The van der Waals surface area contributed by atoms with E-state index in [2.05, 4.69) is 20.7 Å². The Labute approximate surface area is 141 Å². The molecule has 2 aromatic carbocycles. The van der Waals surface area contributed by atoms with Crippen LogP contribution >= 0.6 is 39.7 Å². The van der Waals surface area contributed by atoms with Crippen LogP contribution in [0.4, 0.5) is 5.69 Å². The van der Waals surface area contributed by atoms with Gasteiger partial charge in [0.05, 0.1) is 15.6 Å². The van der Waals surface area contributed by atoms with Crippen LogP contribution < -0.4 is 10.5 Å². The van der Waals surface area contributed by atoms with Gasteiger partial charge in [0.1, 0.15) is 4.99 Å². The van der Waals surface area contributed by atoms with Crippen molar-refractivity contribution in [2.24, 2.45) is 5.73 Å². The maximum Gasteiger partial charge on any atom is 0.262 e. The molecule has 8 heteroatoms. The lowest BCUT2D eigenvalue weighted by molar-refractivity contribution is 0.601. The van der Waals surface area contributed by atoms with Crippen LogP contribution in [0.5, 0.6) is 0 Å². The van der Waals surface area contributed by atoms with Crippen molar-refractivity contribution in [3.05, 3.63) is 57.5 Å². The monoisotopic (exact) mass is 404 g/mol. The van der Waals surface area contributed by atoms with E-state index in [-0.39, 0.29) is 9.88 Å². The fourth-order valence-corrected chi connectivity index (χ4v) is 3.62. The summed E-state index contributed by atoms with van der Waals surface area (Å²) in [5.74, 6) is 0. The van der Waals surface area contributed by atoms with Crippen molar-refractivity contribution in [1.82, 2.24) is 0 Å². The second-order valence-corrected chi connectivity index (χ2v) is 7.45. The lowest BCUT2D eigenvalue weighted by atomic mass is 10.2. The van der Waals surface area contributed by atoms with Crippen LogP contribution in [0.15, 0.2) is 51.8 Å². The van der Waals surface area contributed by atoms with E-state index in [0.29, 0.717) is 20.7 Å². The molecule has 0 aliphatic rings. The van der Waals surface area contributed by atoms with Gasteiger partial charge < -0.3 is 5.73 Å². The average molecular weight is 406 g/mol. The highest BCUT2D eigenvalue weighted by atomic mass is 79.9. The molecular weight excluding hydrogens is 396 g/mol. The molecule has 0 aliphatic carbocycles. The molecule has 21 heavy (non-hydrogen) atoms. The third kappa shape index (κ3) is 3.74. The normalized spacial score (nSPS) is 11.1. The number of hydrogen-bond donors (Lipinski definition) is 2. The molecule has 0 bridgehead atoms. The van der Waals surface area contributed by atoms with Crippen LogP contribution in [0.2, 0.25) is 5.02 Å². The molecule has 3 N–H and O–H groups in total. The van der Waals surface area contributed by atoms with Gasteiger partial charge in [-0.25, -0.2) is 8.42 Å². The summed E-state index contributed by atoms with van der Waals surface area (Å²) >= 11 is 14.1. The highest BCUT2D eigenvalue weighted by Crippen LogP contribution is 2.27. The Hall–Kier alpha value is -1.15. The molecule has 0 aliphatic heterocycles. The number of halogens is 2. The van der Waals surface area contributed by atoms with Crippen LogP contribution in [-0.2, 0) is 10.0 Å². The molecule has 0 aromatic heterocycles. The molecule has 0 saturated heterocycles. The number of anilines is 1. The van der Waals surface area contributed by atoms with Crippen LogP contribution in [0.25, 0.3) is 0 Å². The Kier molecular flexibility index (Phi) is 4.88. The Bertz CT molecular complexity index is 810. The van der Waals surface area contributed by atoms with Gasteiger partial charge in [-0.15, -0.1) is 0 Å². The van der Waals surface area contributed by atoms with Gasteiger partial charge in [-0.2, -0.15) is 0 Å². The molecule has 0 fully saturated rings. The average Bonchev–Trinajstić information content (AvgIpc) is 2.42. The third-order valence-corrected chi connectivity index (χ3v) is 5.51. The molecular formula is C13H10BrClN2O2S2. The fraction of sp³-hybridized carbons (Fsp3) is 0. The van der Waals surface area contributed by atoms with Gasteiger partial charge in [0.25, 0.3) is 10.0 Å². The summed E-state index contributed by atoms with van der Waals surface area (Å²) in [6.07, 6.45) is 0. The van der Waals surface area contributed by atoms with E-state index in [1.807, 2.05) is 0 Å². The van der Waals surface area contributed by atoms with E-state index in [9.17, 15) is 8.42 Å². The van der Waals surface area contributed by atoms with Crippen LogP contribution in [0.1, 0.15) is 5.56 Å². The summed E-state index contributed by atoms with van der Waals surface area (Å²) in [5, 5.41) is 0.401. The van der Waals surface area contributed by atoms with Crippen molar-refractivity contribution in [3.8, 4) is 0 Å². The van der Waals surface area contributed by atoms with Gasteiger partial charge in [-0.3, -0.25) is 4.72 Å². The lowest BCUT2D eigenvalue weighted by Gasteiger charge is -2.12. The summed E-state index contributed by atoms with van der Waals surface area (Å²) in [6.45, 7) is 0. The maximum atomic E-state index is 12.4. The second-order valence-electron chi connectivity index (χ2n) is 4.09. The van der Waals surface area contributed by atoms with Crippen LogP contribution in [0.3, 0.4) is 0 Å². The summed E-state index contributed by atoms with van der Waals surface area (Å²) < 4.78 is 28.0. The zero-order valence-electron chi connectivity index (χ0n) is 10.5. The van der Waals surface area contributed by atoms with Gasteiger partial charge in [0.2, 0.25) is 0 Å². The topological polar surface area (TPSA) is 72.2 Å². The third-order valence-electron chi connectivity index (χ3n) is 2.61. The highest BCUT2D eigenvalue weighted by Gasteiger charge is 2.19. The molecule has 0 saturated carbocycles. The molecule has 4 nitrogen and oxygen atoms in total. The van der Waals surface area contributed by atoms with Crippen molar-refractivity contribution in [2.75, 3.05) is 4.72 Å². The number of hydrogen-bond acceptors (Lipinski definition) is 3. The van der Waals surface area contributed by atoms with E-state index in [1.54, 1.807) is 30.3 Å². The van der Waals surface area contributed by atoms with Crippen molar-refractivity contribution in [1.29, 1.82) is 0 Å². The number of nitrogens with one attached hydrogen (secondary N) is 1. The Morgan fingerprint density at radius 3 is 2.52 bits per heavy atom. The predicted octanol–water partition coefficient (Wildman–Crippen LogP) is 3.54. The zero-order chi connectivity index (χ0) is 15.6. The number of thiocarbonyl (C=S) groups is 1. The molecule has 110 valence electrons. The van der Waals surface area contributed by atoms with Crippen LogP contribution in [0, 0.1) is 0 Å². The minimum atomic E-state index is -3.81. The number of nitrogens with two attached hydrogens (primary N) is 1. The minimum Gasteiger partial charge on any atom is -0.389 e. The maximum absolute atomic E-state index is 12.4. The standard InChI is InChI=1S/C13H10BrClN2O2S2/c14-10-6-5-8(7-11(10)15)17-21(18,19)12-4-2-1-3-9(12)13(16)20/h1-7,17H,(H2,16,20). The lowest BCUT2D eigenvalue weighted by Crippen LogP contribution is -2.19. The van der Waals surface area contributed by atoms with E-state index in [4.69, 9.17) is 29.6 Å². The zero-order valence-corrected chi connectivity index (χ0v) is 14.5. The van der Waals surface area contributed by atoms with Gasteiger partial charge >= 0.3 is 0 Å². The van der Waals surface area contributed by atoms with E-state index < -0.39 is 10.0 Å².